The fourth-order valence-corrected chi connectivity index (χ4v) is 3.46. The number of hydrogen-bond acceptors (Lipinski definition) is 4. The van der Waals surface area contributed by atoms with Crippen LogP contribution < -0.4 is 4.90 Å². The van der Waals surface area contributed by atoms with Crippen LogP contribution in [0.4, 0.5) is 5.82 Å². The zero-order valence-corrected chi connectivity index (χ0v) is 11.2. The number of fused-ring (bicyclic) bond motifs is 1. The summed E-state index contributed by atoms with van der Waals surface area (Å²) in [7, 11) is 0. The Labute approximate surface area is 108 Å². The van der Waals surface area contributed by atoms with Crippen LogP contribution in [0.2, 0.25) is 0 Å². The molecule has 0 aromatic carbocycles. The number of aromatic amines is 1. The van der Waals surface area contributed by atoms with Crippen molar-refractivity contribution in [1.29, 1.82) is 0 Å². The Hall–Kier alpha value is -1.17. The predicted molar refractivity (Wildman–Crippen MR) is 70.4 cm³/mol. The quantitative estimate of drug-likeness (QED) is 0.861. The third-order valence-electron chi connectivity index (χ3n) is 3.52. The molecule has 1 aliphatic heterocycles. The fourth-order valence-electron chi connectivity index (χ4n) is 2.48. The van der Waals surface area contributed by atoms with Gasteiger partial charge in [-0.1, -0.05) is 22.9 Å². The largest absolute Gasteiger partial charge is 0.351 e. The molecule has 0 amide bonds. The van der Waals surface area contributed by atoms with Crippen LogP contribution in [0.15, 0.2) is 12.7 Å². The van der Waals surface area contributed by atoms with Crippen LogP contribution in [0, 0.1) is 5.92 Å². The highest BCUT2D eigenvalue weighted by molar-refractivity contribution is 9.09. The van der Waals surface area contributed by atoms with E-state index in [-0.39, 0.29) is 0 Å². The Balaban J connectivity index is 2.06. The molecule has 1 aliphatic rings. The second kappa shape index (κ2) is 4.25. The molecule has 3 heterocycles. The van der Waals surface area contributed by atoms with Crippen LogP contribution in [-0.4, -0.2) is 37.9 Å². The summed E-state index contributed by atoms with van der Waals surface area (Å²) in [6.45, 7) is 3.33. The summed E-state index contributed by atoms with van der Waals surface area (Å²) in [4.78, 5) is 18.2. The van der Waals surface area contributed by atoms with Gasteiger partial charge in [-0.15, -0.1) is 0 Å². The van der Waals surface area contributed by atoms with Crippen LogP contribution in [0.5, 0.6) is 0 Å². The normalized spacial score (nSPS) is 24.7. The Morgan fingerprint density at radius 1 is 1.47 bits per heavy atom. The summed E-state index contributed by atoms with van der Waals surface area (Å²) in [5, 5.41) is 0.966. The Morgan fingerprint density at radius 3 is 3.18 bits per heavy atom. The highest BCUT2D eigenvalue weighted by Crippen LogP contribution is 2.31. The first-order valence-corrected chi connectivity index (χ1v) is 6.90. The SMILES string of the molecule is CC1CCN(c2ncnc3nc[nH]c23)C1CBr. The standard InChI is InChI=1S/C11H14BrN5/c1-7-2-3-17(8(7)4-12)11-9-10(14-5-13-9)15-6-16-11/h5-8H,2-4H2,1H3,(H,13,14,15,16). The van der Waals surface area contributed by atoms with E-state index >= 15 is 0 Å². The molecule has 1 saturated heterocycles. The number of aromatic nitrogens is 4. The average Bonchev–Trinajstić information content (AvgIpc) is 2.94. The summed E-state index contributed by atoms with van der Waals surface area (Å²) in [5.74, 6) is 1.66. The minimum Gasteiger partial charge on any atom is -0.351 e. The number of anilines is 1. The molecule has 0 saturated carbocycles. The third kappa shape index (κ3) is 1.71. The van der Waals surface area contributed by atoms with Crippen molar-refractivity contribution in [3.8, 4) is 0 Å². The van der Waals surface area contributed by atoms with Crippen molar-refractivity contribution in [1.82, 2.24) is 19.9 Å². The van der Waals surface area contributed by atoms with E-state index in [0.29, 0.717) is 12.0 Å². The van der Waals surface area contributed by atoms with Gasteiger partial charge in [0.25, 0.3) is 0 Å². The van der Waals surface area contributed by atoms with Crippen LogP contribution in [-0.2, 0) is 0 Å². The summed E-state index contributed by atoms with van der Waals surface area (Å²) >= 11 is 3.60. The lowest BCUT2D eigenvalue weighted by molar-refractivity contribution is 0.553. The number of H-pyrrole nitrogens is 1. The van der Waals surface area contributed by atoms with Crippen molar-refractivity contribution < 1.29 is 0 Å². The van der Waals surface area contributed by atoms with Crippen LogP contribution in [0.25, 0.3) is 11.2 Å². The van der Waals surface area contributed by atoms with Gasteiger partial charge < -0.3 is 9.88 Å². The molecule has 2 aromatic rings. The van der Waals surface area contributed by atoms with Crippen molar-refractivity contribution in [2.45, 2.75) is 19.4 Å². The van der Waals surface area contributed by atoms with E-state index in [9.17, 15) is 0 Å². The van der Waals surface area contributed by atoms with Crippen molar-refractivity contribution >= 4 is 32.9 Å². The van der Waals surface area contributed by atoms with Gasteiger partial charge in [0.15, 0.2) is 11.5 Å². The molecular weight excluding hydrogens is 282 g/mol. The molecule has 6 heteroatoms. The number of halogens is 1. The predicted octanol–water partition coefficient (Wildman–Crippen LogP) is 1.96. The van der Waals surface area contributed by atoms with Crippen molar-refractivity contribution in [3.63, 3.8) is 0 Å². The number of rotatable bonds is 2. The topological polar surface area (TPSA) is 57.7 Å². The zero-order valence-electron chi connectivity index (χ0n) is 9.60. The third-order valence-corrected chi connectivity index (χ3v) is 4.18. The Bertz CT molecular complexity index is 525. The number of nitrogens with zero attached hydrogens (tertiary/aromatic N) is 4. The molecule has 0 radical (unpaired) electrons. The van der Waals surface area contributed by atoms with Gasteiger partial charge in [0.1, 0.15) is 11.8 Å². The fraction of sp³-hybridized carbons (Fsp3) is 0.545. The lowest BCUT2D eigenvalue weighted by Crippen LogP contribution is -2.34. The molecule has 17 heavy (non-hydrogen) atoms. The van der Waals surface area contributed by atoms with Gasteiger partial charge in [-0.2, -0.15) is 0 Å². The minimum absolute atomic E-state index is 0.497. The van der Waals surface area contributed by atoms with E-state index in [1.165, 1.54) is 6.42 Å². The molecule has 5 nitrogen and oxygen atoms in total. The molecule has 1 N–H and O–H groups in total. The molecule has 0 spiro atoms. The van der Waals surface area contributed by atoms with Gasteiger partial charge in [-0.25, -0.2) is 15.0 Å². The monoisotopic (exact) mass is 295 g/mol. The molecule has 1 fully saturated rings. The number of hydrogen-bond donors (Lipinski definition) is 1. The molecule has 0 aliphatic carbocycles. The summed E-state index contributed by atoms with van der Waals surface area (Å²) in [6, 6.07) is 0.497. The van der Waals surface area contributed by atoms with Crippen LogP contribution in [0.1, 0.15) is 13.3 Å². The Morgan fingerprint density at radius 2 is 2.35 bits per heavy atom. The zero-order chi connectivity index (χ0) is 11.8. The van der Waals surface area contributed by atoms with E-state index < -0.39 is 0 Å². The smallest absolute Gasteiger partial charge is 0.182 e. The van der Waals surface area contributed by atoms with Crippen molar-refractivity contribution in [3.05, 3.63) is 12.7 Å². The highest BCUT2D eigenvalue weighted by atomic mass is 79.9. The first kappa shape index (κ1) is 11.0. The number of nitrogens with one attached hydrogen (secondary N) is 1. The highest BCUT2D eigenvalue weighted by Gasteiger charge is 2.32. The molecule has 2 atom stereocenters. The summed E-state index contributed by atoms with van der Waals surface area (Å²) in [5.41, 5.74) is 1.68. The molecule has 90 valence electrons. The second-order valence-corrected chi connectivity index (χ2v) is 5.13. The van der Waals surface area contributed by atoms with E-state index in [4.69, 9.17) is 0 Å². The summed E-state index contributed by atoms with van der Waals surface area (Å²) in [6.07, 6.45) is 4.47. The van der Waals surface area contributed by atoms with E-state index in [1.807, 2.05) is 0 Å². The van der Waals surface area contributed by atoms with Gasteiger partial charge in [0, 0.05) is 17.9 Å². The number of alkyl halides is 1. The summed E-state index contributed by atoms with van der Waals surface area (Å²) < 4.78 is 0. The average molecular weight is 296 g/mol. The lowest BCUT2D eigenvalue weighted by atomic mass is 10.1. The second-order valence-electron chi connectivity index (χ2n) is 4.48. The van der Waals surface area contributed by atoms with E-state index in [0.717, 1.165) is 28.9 Å². The van der Waals surface area contributed by atoms with Crippen LogP contribution in [0.3, 0.4) is 0 Å². The van der Waals surface area contributed by atoms with Crippen molar-refractivity contribution in [2.75, 3.05) is 16.8 Å². The lowest BCUT2D eigenvalue weighted by Gasteiger charge is -2.26. The van der Waals surface area contributed by atoms with Gasteiger partial charge in [0.2, 0.25) is 0 Å². The van der Waals surface area contributed by atoms with Crippen LogP contribution >= 0.6 is 15.9 Å². The molecule has 3 rings (SSSR count). The maximum atomic E-state index is 4.42. The van der Waals surface area contributed by atoms with E-state index in [1.54, 1.807) is 12.7 Å². The first-order chi connectivity index (χ1) is 8.31. The Kier molecular flexibility index (Phi) is 2.74. The molecule has 2 aromatic heterocycles. The maximum absolute atomic E-state index is 4.42. The van der Waals surface area contributed by atoms with Gasteiger partial charge in [0.05, 0.1) is 6.33 Å². The van der Waals surface area contributed by atoms with E-state index in [2.05, 4.69) is 47.7 Å². The van der Waals surface area contributed by atoms with Gasteiger partial charge in [-0.05, 0) is 12.3 Å². The molecular formula is C11H14BrN5. The van der Waals surface area contributed by atoms with Gasteiger partial charge in [-0.3, -0.25) is 0 Å². The molecule has 2 unspecified atom stereocenters. The minimum atomic E-state index is 0.497. The van der Waals surface area contributed by atoms with Crippen molar-refractivity contribution in [2.24, 2.45) is 5.92 Å². The first-order valence-electron chi connectivity index (χ1n) is 5.78. The maximum Gasteiger partial charge on any atom is 0.182 e. The van der Waals surface area contributed by atoms with Gasteiger partial charge >= 0.3 is 0 Å². The molecule has 0 bridgehead atoms. The number of imidazole rings is 1.